The molecule has 0 heterocycles. The molecular formula is C14H23FN2. The van der Waals surface area contributed by atoms with Crippen molar-refractivity contribution in [3.05, 3.63) is 35.1 Å². The molecule has 0 aliphatic heterocycles. The summed E-state index contributed by atoms with van der Waals surface area (Å²) in [6, 6.07) is 4.97. The quantitative estimate of drug-likeness (QED) is 0.825. The summed E-state index contributed by atoms with van der Waals surface area (Å²) in [6.07, 6.45) is 0. The van der Waals surface area contributed by atoms with Gasteiger partial charge in [0.15, 0.2) is 0 Å². The Balaban J connectivity index is 2.74. The maximum atomic E-state index is 13.2. The van der Waals surface area contributed by atoms with Crippen molar-refractivity contribution >= 4 is 0 Å². The van der Waals surface area contributed by atoms with Gasteiger partial charge in [-0.25, -0.2) is 4.39 Å². The highest BCUT2D eigenvalue weighted by atomic mass is 19.1. The fourth-order valence-corrected chi connectivity index (χ4v) is 1.99. The Hall–Kier alpha value is -0.930. The first-order chi connectivity index (χ1) is 8.02. The lowest BCUT2D eigenvalue weighted by atomic mass is 10.1. The minimum Gasteiger partial charge on any atom is -0.329 e. The molecule has 17 heavy (non-hydrogen) atoms. The van der Waals surface area contributed by atoms with Gasteiger partial charge in [-0.2, -0.15) is 0 Å². The van der Waals surface area contributed by atoms with Crippen molar-refractivity contribution in [1.29, 1.82) is 0 Å². The average Bonchev–Trinajstić information content (AvgIpc) is 2.23. The standard InChI is InChI=1S/C14H23FN2/c1-11(2)9-17(7-6-16)10-13-8-14(15)5-4-12(13)3/h4-5,8,11H,6-7,9-10,16H2,1-3H3. The lowest BCUT2D eigenvalue weighted by Crippen LogP contribution is -2.32. The van der Waals surface area contributed by atoms with Crippen LogP contribution in [0.15, 0.2) is 18.2 Å². The summed E-state index contributed by atoms with van der Waals surface area (Å²) in [4.78, 5) is 2.28. The minimum atomic E-state index is -0.164. The predicted octanol–water partition coefficient (Wildman–Crippen LogP) is 2.55. The first-order valence-corrected chi connectivity index (χ1v) is 6.20. The van der Waals surface area contributed by atoms with E-state index in [0.717, 1.165) is 30.8 Å². The topological polar surface area (TPSA) is 29.3 Å². The van der Waals surface area contributed by atoms with E-state index in [4.69, 9.17) is 5.73 Å². The largest absolute Gasteiger partial charge is 0.329 e. The molecule has 0 saturated carbocycles. The zero-order valence-corrected chi connectivity index (χ0v) is 11.0. The van der Waals surface area contributed by atoms with Gasteiger partial charge in [0.05, 0.1) is 0 Å². The van der Waals surface area contributed by atoms with Gasteiger partial charge in [-0.3, -0.25) is 4.90 Å². The van der Waals surface area contributed by atoms with E-state index in [2.05, 4.69) is 18.7 Å². The lowest BCUT2D eigenvalue weighted by Gasteiger charge is -2.24. The molecule has 0 aliphatic rings. The second-order valence-electron chi connectivity index (χ2n) is 4.99. The molecule has 0 amide bonds. The Morgan fingerprint density at radius 3 is 2.65 bits per heavy atom. The van der Waals surface area contributed by atoms with Crippen molar-refractivity contribution in [1.82, 2.24) is 4.90 Å². The molecule has 1 aromatic carbocycles. The zero-order valence-electron chi connectivity index (χ0n) is 11.0. The van der Waals surface area contributed by atoms with Crippen LogP contribution < -0.4 is 5.73 Å². The number of benzene rings is 1. The third-order valence-electron chi connectivity index (χ3n) is 2.77. The maximum absolute atomic E-state index is 13.2. The number of hydrogen-bond acceptors (Lipinski definition) is 2. The molecule has 0 aliphatic carbocycles. The molecule has 0 saturated heterocycles. The highest BCUT2D eigenvalue weighted by molar-refractivity contribution is 5.26. The van der Waals surface area contributed by atoms with E-state index in [1.54, 1.807) is 6.07 Å². The van der Waals surface area contributed by atoms with E-state index in [1.807, 2.05) is 13.0 Å². The Labute approximate surface area is 104 Å². The normalized spacial score (nSPS) is 11.5. The van der Waals surface area contributed by atoms with E-state index in [-0.39, 0.29) is 5.82 Å². The van der Waals surface area contributed by atoms with Gasteiger partial charge in [0.2, 0.25) is 0 Å². The van der Waals surface area contributed by atoms with Crippen molar-refractivity contribution in [2.75, 3.05) is 19.6 Å². The molecule has 2 N–H and O–H groups in total. The summed E-state index contributed by atoms with van der Waals surface area (Å²) in [6.45, 7) is 9.65. The maximum Gasteiger partial charge on any atom is 0.123 e. The molecule has 0 unspecified atom stereocenters. The van der Waals surface area contributed by atoms with Crippen LogP contribution in [0.2, 0.25) is 0 Å². The Morgan fingerprint density at radius 1 is 1.35 bits per heavy atom. The smallest absolute Gasteiger partial charge is 0.123 e. The van der Waals surface area contributed by atoms with Gasteiger partial charge in [-0.15, -0.1) is 0 Å². The van der Waals surface area contributed by atoms with Crippen molar-refractivity contribution in [2.24, 2.45) is 11.7 Å². The van der Waals surface area contributed by atoms with Crippen molar-refractivity contribution in [3.8, 4) is 0 Å². The molecule has 3 heteroatoms. The lowest BCUT2D eigenvalue weighted by molar-refractivity contribution is 0.242. The van der Waals surface area contributed by atoms with Crippen LogP contribution in [0.1, 0.15) is 25.0 Å². The van der Waals surface area contributed by atoms with Crippen molar-refractivity contribution < 1.29 is 4.39 Å². The van der Waals surface area contributed by atoms with Crippen LogP contribution in [0.5, 0.6) is 0 Å². The minimum absolute atomic E-state index is 0.164. The molecule has 96 valence electrons. The van der Waals surface area contributed by atoms with Crippen LogP contribution in [-0.4, -0.2) is 24.5 Å². The molecule has 0 fully saturated rings. The van der Waals surface area contributed by atoms with Crippen LogP contribution in [0, 0.1) is 18.7 Å². The Kier molecular flexibility index (Phi) is 5.59. The average molecular weight is 238 g/mol. The van der Waals surface area contributed by atoms with Crippen LogP contribution in [0.3, 0.4) is 0 Å². The second kappa shape index (κ2) is 6.72. The summed E-state index contributed by atoms with van der Waals surface area (Å²) in [5.41, 5.74) is 7.80. The van der Waals surface area contributed by atoms with E-state index in [1.165, 1.54) is 6.07 Å². The molecule has 1 aromatic rings. The molecule has 0 atom stereocenters. The highest BCUT2D eigenvalue weighted by Gasteiger charge is 2.09. The second-order valence-corrected chi connectivity index (χ2v) is 4.99. The summed E-state index contributed by atoms with van der Waals surface area (Å²) >= 11 is 0. The summed E-state index contributed by atoms with van der Waals surface area (Å²) in [5.74, 6) is 0.429. The Bertz CT molecular complexity index is 350. The third-order valence-corrected chi connectivity index (χ3v) is 2.77. The molecule has 0 bridgehead atoms. The predicted molar refractivity (Wildman–Crippen MR) is 70.3 cm³/mol. The fourth-order valence-electron chi connectivity index (χ4n) is 1.99. The fraction of sp³-hybridized carbons (Fsp3) is 0.571. The monoisotopic (exact) mass is 238 g/mol. The third kappa shape index (κ3) is 4.84. The van der Waals surface area contributed by atoms with Crippen molar-refractivity contribution in [2.45, 2.75) is 27.3 Å². The number of aryl methyl sites for hydroxylation is 1. The summed E-state index contributed by atoms with van der Waals surface area (Å²) in [5, 5.41) is 0. The van der Waals surface area contributed by atoms with E-state index >= 15 is 0 Å². The van der Waals surface area contributed by atoms with Crippen LogP contribution in [0.25, 0.3) is 0 Å². The van der Waals surface area contributed by atoms with Gasteiger partial charge in [0.1, 0.15) is 5.82 Å². The summed E-state index contributed by atoms with van der Waals surface area (Å²) in [7, 11) is 0. The molecule has 1 rings (SSSR count). The van der Waals surface area contributed by atoms with E-state index in [9.17, 15) is 4.39 Å². The SMILES string of the molecule is Cc1ccc(F)cc1CN(CCN)CC(C)C. The molecule has 0 radical (unpaired) electrons. The van der Waals surface area contributed by atoms with Crippen LogP contribution in [-0.2, 0) is 6.54 Å². The van der Waals surface area contributed by atoms with Crippen molar-refractivity contribution in [3.63, 3.8) is 0 Å². The highest BCUT2D eigenvalue weighted by Crippen LogP contribution is 2.13. The van der Waals surface area contributed by atoms with Gasteiger partial charge >= 0.3 is 0 Å². The number of nitrogens with zero attached hydrogens (tertiary/aromatic N) is 1. The van der Waals surface area contributed by atoms with E-state index in [0.29, 0.717) is 12.5 Å². The molecular weight excluding hydrogens is 215 g/mol. The first kappa shape index (κ1) is 14.1. The van der Waals surface area contributed by atoms with Gasteiger partial charge in [0.25, 0.3) is 0 Å². The van der Waals surface area contributed by atoms with Gasteiger partial charge in [-0.05, 0) is 36.1 Å². The number of halogens is 1. The molecule has 0 aromatic heterocycles. The number of rotatable bonds is 6. The number of hydrogen-bond donors (Lipinski definition) is 1. The number of nitrogens with two attached hydrogens (primary N) is 1. The van der Waals surface area contributed by atoms with Crippen LogP contribution in [0.4, 0.5) is 4.39 Å². The summed E-state index contributed by atoms with van der Waals surface area (Å²) < 4.78 is 13.2. The van der Waals surface area contributed by atoms with Crippen LogP contribution >= 0.6 is 0 Å². The first-order valence-electron chi connectivity index (χ1n) is 6.20. The van der Waals surface area contributed by atoms with E-state index < -0.39 is 0 Å². The Morgan fingerprint density at radius 2 is 2.06 bits per heavy atom. The molecule has 2 nitrogen and oxygen atoms in total. The molecule has 0 spiro atoms. The van der Waals surface area contributed by atoms with Gasteiger partial charge < -0.3 is 5.73 Å². The van der Waals surface area contributed by atoms with Gasteiger partial charge in [-0.1, -0.05) is 19.9 Å². The van der Waals surface area contributed by atoms with Gasteiger partial charge in [0, 0.05) is 26.2 Å². The zero-order chi connectivity index (χ0) is 12.8.